The molecule has 180 valence electrons. The number of hydrogen-bond donors (Lipinski definition) is 0. The van der Waals surface area contributed by atoms with Gasteiger partial charge in [0, 0.05) is 25.2 Å². The van der Waals surface area contributed by atoms with Gasteiger partial charge in [-0.05, 0) is 60.3 Å². The fourth-order valence-electron chi connectivity index (χ4n) is 3.88. The molecule has 0 radical (unpaired) electrons. The number of halogens is 2. The molecular formula is C23H25F2KN6O2S. The molecule has 2 aliphatic heterocycles. The topological polar surface area (TPSA) is 76.6 Å². The van der Waals surface area contributed by atoms with Gasteiger partial charge in [-0.2, -0.15) is 0 Å². The first-order valence-corrected chi connectivity index (χ1v) is 11.9. The predicted molar refractivity (Wildman–Crippen MR) is 128 cm³/mol. The Morgan fingerprint density at radius 2 is 1.91 bits per heavy atom. The maximum atomic E-state index is 13.5. The van der Waals surface area contributed by atoms with Crippen molar-refractivity contribution in [1.82, 2.24) is 15.0 Å². The van der Waals surface area contributed by atoms with Crippen LogP contribution in [0.3, 0.4) is 0 Å². The molecule has 3 aliphatic rings. The van der Waals surface area contributed by atoms with Crippen molar-refractivity contribution in [3.63, 3.8) is 0 Å². The third kappa shape index (κ3) is 5.62. The van der Waals surface area contributed by atoms with Crippen molar-refractivity contribution in [2.24, 2.45) is 16.1 Å². The third-order valence-electron chi connectivity index (χ3n) is 6.00. The zero-order valence-electron chi connectivity index (χ0n) is 20.3. The van der Waals surface area contributed by atoms with Crippen LogP contribution in [0.5, 0.6) is 5.75 Å². The number of aromatic nitrogens is 1. The first kappa shape index (κ1) is 26.6. The number of hydrogen-bond acceptors (Lipinski definition) is 8. The third-order valence-corrected chi connectivity index (χ3v) is 7.32. The molecule has 3 heterocycles. The quantitative estimate of drug-likeness (QED) is 0.538. The van der Waals surface area contributed by atoms with Crippen molar-refractivity contribution < 1.29 is 69.6 Å². The number of benzene rings is 1. The average molecular weight is 527 g/mol. The summed E-state index contributed by atoms with van der Waals surface area (Å²) >= 11 is 1.63. The van der Waals surface area contributed by atoms with Gasteiger partial charge in [0.2, 0.25) is 5.90 Å². The Labute approximate surface area is 249 Å². The number of ether oxygens (including phenoxy) is 2. The SMILES string of the molecule is COc1cnc(C(F)F)cc1-c1cc(C2=NN(C)C(C)O2)ccc1[N-]C1=NN(C)C(C2CC2)S1.[K+]. The Kier molecular flexibility index (Phi) is 8.28. The number of alkyl halides is 2. The van der Waals surface area contributed by atoms with Crippen LogP contribution in [0.15, 0.2) is 40.7 Å². The van der Waals surface area contributed by atoms with Gasteiger partial charge < -0.3 is 24.9 Å². The minimum atomic E-state index is -2.71. The Bertz CT molecular complexity index is 1160. The smallest absolute Gasteiger partial charge is 0.494 e. The van der Waals surface area contributed by atoms with E-state index < -0.39 is 6.43 Å². The summed E-state index contributed by atoms with van der Waals surface area (Å²) < 4.78 is 38.3. The van der Waals surface area contributed by atoms with Gasteiger partial charge in [-0.1, -0.05) is 6.07 Å². The number of amidine groups is 1. The van der Waals surface area contributed by atoms with E-state index in [1.54, 1.807) is 16.8 Å². The van der Waals surface area contributed by atoms with Crippen LogP contribution < -0.4 is 56.1 Å². The molecule has 2 unspecified atom stereocenters. The van der Waals surface area contributed by atoms with Crippen LogP contribution in [0.1, 0.15) is 37.4 Å². The first-order chi connectivity index (χ1) is 16.3. The fraction of sp³-hybridized carbons (Fsp3) is 0.435. The van der Waals surface area contributed by atoms with Crippen LogP contribution >= 0.6 is 11.8 Å². The van der Waals surface area contributed by atoms with Crippen molar-refractivity contribution in [3.05, 3.63) is 47.0 Å². The van der Waals surface area contributed by atoms with Crippen LogP contribution in [0.25, 0.3) is 16.4 Å². The molecule has 12 heteroatoms. The van der Waals surface area contributed by atoms with Gasteiger partial charge in [0.25, 0.3) is 6.43 Å². The number of thioether (sulfide) groups is 1. The molecule has 1 saturated carbocycles. The van der Waals surface area contributed by atoms with Gasteiger partial charge in [-0.15, -0.1) is 16.9 Å². The van der Waals surface area contributed by atoms with Crippen LogP contribution in [0.2, 0.25) is 0 Å². The Hall–Kier alpha value is -1.44. The molecule has 0 spiro atoms. The van der Waals surface area contributed by atoms with Gasteiger partial charge in [-0.3, -0.25) is 9.99 Å². The zero-order valence-corrected chi connectivity index (χ0v) is 24.2. The molecule has 0 saturated heterocycles. The monoisotopic (exact) mass is 526 g/mol. The van der Waals surface area contributed by atoms with E-state index in [2.05, 4.69) is 15.2 Å². The van der Waals surface area contributed by atoms with Gasteiger partial charge in [0.15, 0.2) is 6.23 Å². The second-order valence-corrected chi connectivity index (χ2v) is 9.54. The zero-order chi connectivity index (χ0) is 24.0. The maximum Gasteiger partial charge on any atom is 1.00 e. The minimum absolute atomic E-state index is 0. The summed E-state index contributed by atoms with van der Waals surface area (Å²) in [5.74, 6) is 1.44. The molecule has 1 aromatic heterocycles. The molecule has 2 aromatic rings. The van der Waals surface area contributed by atoms with E-state index in [0.717, 1.165) is 0 Å². The normalized spacial score (nSPS) is 21.5. The van der Waals surface area contributed by atoms with E-state index in [4.69, 9.17) is 14.8 Å². The number of nitrogens with zero attached hydrogens (tertiary/aromatic N) is 6. The largest absolute Gasteiger partial charge is 1.00 e. The molecule has 0 N–H and O–H groups in total. The maximum absolute atomic E-state index is 13.5. The van der Waals surface area contributed by atoms with E-state index in [9.17, 15) is 8.78 Å². The van der Waals surface area contributed by atoms with Gasteiger partial charge in [0.1, 0.15) is 11.4 Å². The average Bonchev–Trinajstić information content (AvgIpc) is 3.52. The van der Waals surface area contributed by atoms with Gasteiger partial charge in [-0.25, -0.2) is 8.78 Å². The Morgan fingerprint density at radius 1 is 1.14 bits per heavy atom. The molecule has 2 atom stereocenters. The van der Waals surface area contributed by atoms with Crippen molar-refractivity contribution in [3.8, 4) is 16.9 Å². The molecule has 35 heavy (non-hydrogen) atoms. The summed E-state index contributed by atoms with van der Waals surface area (Å²) in [4.78, 5) is 3.84. The van der Waals surface area contributed by atoms with Gasteiger partial charge >= 0.3 is 51.4 Å². The summed E-state index contributed by atoms with van der Waals surface area (Å²) in [6.07, 6.45) is 0.788. The van der Waals surface area contributed by atoms with Crippen molar-refractivity contribution in [2.75, 3.05) is 21.2 Å². The second kappa shape index (κ2) is 10.9. The summed E-state index contributed by atoms with van der Waals surface area (Å²) in [5.41, 5.74) is 2.02. The fourth-order valence-corrected chi connectivity index (χ4v) is 5.09. The summed E-state index contributed by atoms with van der Waals surface area (Å²) in [5, 5.41) is 18.4. The minimum Gasteiger partial charge on any atom is -0.494 e. The molecule has 0 amide bonds. The summed E-state index contributed by atoms with van der Waals surface area (Å²) in [6, 6.07) is 6.86. The first-order valence-electron chi connectivity index (χ1n) is 11.0. The Balaban J connectivity index is 0.00000289. The Morgan fingerprint density at radius 3 is 2.54 bits per heavy atom. The van der Waals surface area contributed by atoms with E-state index in [0.29, 0.717) is 45.1 Å². The summed E-state index contributed by atoms with van der Waals surface area (Å²) in [6.45, 7) is 1.89. The number of methoxy groups -OCH3 is 1. The molecular weight excluding hydrogens is 501 g/mol. The molecule has 0 bridgehead atoms. The van der Waals surface area contributed by atoms with Crippen LogP contribution in [0, 0.1) is 5.92 Å². The number of rotatable bonds is 6. The number of pyridine rings is 1. The van der Waals surface area contributed by atoms with E-state index in [-0.39, 0.29) is 68.7 Å². The van der Waals surface area contributed by atoms with E-state index >= 15 is 0 Å². The summed E-state index contributed by atoms with van der Waals surface area (Å²) in [7, 11) is 5.26. The van der Waals surface area contributed by atoms with Crippen LogP contribution in [-0.2, 0) is 4.74 Å². The predicted octanol–water partition coefficient (Wildman–Crippen LogP) is 2.36. The van der Waals surface area contributed by atoms with Crippen molar-refractivity contribution >= 4 is 28.5 Å². The van der Waals surface area contributed by atoms with E-state index in [1.165, 1.54) is 32.2 Å². The number of hydrazone groups is 2. The molecule has 1 aromatic carbocycles. The van der Waals surface area contributed by atoms with Gasteiger partial charge in [0.05, 0.1) is 18.7 Å². The second-order valence-electron chi connectivity index (χ2n) is 8.45. The molecule has 1 aliphatic carbocycles. The molecule has 8 nitrogen and oxygen atoms in total. The van der Waals surface area contributed by atoms with Crippen molar-refractivity contribution in [1.29, 1.82) is 0 Å². The molecule has 5 rings (SSSR count). The van der Waals surface area contributed by atoms with Crippen LogP contribution in [0.4, 0.5) is 14.5 Å². The van der Waals surface area contributed by atoms with Crippen LogP contribution in [-0.4, -0.2) is 58.9 Å². The standard InChI is InChI=1S/C23H25F2N6O2S.K/c1-12-30(2)28-21(33-12)14-7-8-17(27-23-29-31(3)22(34-23)13-5-6-13)15(9-14)16-10-18(20(24)25)26-11-19(16)32-4;/h7-13,20,22H,5-6H2,1-4H3;/q-1;+1. The van der Waals surface area contributed by atoms with E-state index in [1.807, 2.05) is 44.2 Å². The van der Waals surface area contributed by atoms with Crippen molar-refractivity contribution in [2.45, 2.75) is 37.8 Å². The molecule has 1 fully saturated rings.